The molecule has 0 saturated carbocycles. The molecule has 10 aromatic rings. The van der Waals surface area contributed by atoms with Crippen molar-refractivity contribution >= 4 is 64.9 Å². The predicted molar refractivity (Wildman–Crippen MR) is 202 cm³/mol. The molecule has 1 heterocycles. The van der Waals surface area contributed by atoms with E-state index in [4.69, 9.17) is 0 Å². The molecule has 1 heteroatoms. The Labute approximate surface area is 272 Å². The molecule has 0 unspecified atom stereocenters. The molecule has 0 spiro atoms. The third-order valence-electron chi connectivity index (χ3n) is 9.95. The highest BCUT2D eigenvalue weighted by atomic mass is 15.0. The van der Waals surface area contributed by atoms with Gasteiger partial charge in [0.1, 0.15) is 0 Å². The van der Waals surface area contributed by atoms with Gasteiger partial charge in [0.05, 0.1) is 11.0 Å². The molecule has 0 aliphatic carbocycles. The molecule has 0 aliphatic rings. The lowest BCUT2D eigenvalue weighted by molar-refractivity contribution is 1.18. The zero-order chi connectivity index (χ0) is 30.9. The van der Waals surface area contributed by atoms with Gasteiger partial charge in [-0.3, -0.25) is 0 Å². The summed E-state index contributed by atoms with van der Waals surface area (Å²) in [7, 11) is 0. The molecular formula is C46H29N. The van der Waals surface area contributed by atoms with E-state index in [0.717, 1.165) is 5.69 Å². The van der Waals surface area contributed by atoms with Gasteiger partial charge < -0.3 is 4.57 Å². The average molecular weight is 596 g/mol. The van der Waals surface area contributed by atoms with Crippen molar-refractivity contribution in [2.45, 2.75) is 0 Å². The van der Waals surface area contributed by atoms with Crippen molar-refractivity contribution in [3.8, 4) is 27.9 Å². The van der Waals surface area contributed by atoms with Gasteiger partial charge in [0, 0.05) is 16.5 Å². The number of fused-ring (bicyclic) bond motifs is 10. The number of rotatable bonds is 3. The fourth-order valence-corrected chi connectivity index (χ4v) is 7.86. The van der Waals surface area contributed by atoms with E-state index in [1.165, 1.54) is 87.1 Å². The van der Waals surface area contributed by atoms with Crippen LogP contribution in [0, 0.1) is 0 Å². The Morgan fingerprint density at radius 1 is 0.298 bits per heavy atom. The first-order chi connectivity index (χ1) is 23.3. The molecule has 0 amide bonds. The molecule has 218 valence electrons. The van der Waals surface area contributed by atoms with Gasteiger partial charge in [-0.2, -0.15) is 0 Å². The van der Waals surface area contributed by atoms with Crippen molar-refractivity contribution < 1.29 is 0 Å². The maximum absolute atomic E-state index is 2.42. The first kappa shape index (κ1) is 26.1. The van der Waals surface area contributed by atoms with Crippen LogP contribution in [0.5, 0.6) is 0 Å². The molecule has 0 saturated heterocycles. The first-order valence-electron chi connectivity index (χ1n) is 16.3. The summed E-state index contributed by atoms with van der Waals surface area (Å²) >= 11 is 0. The standard InChI is InChI=1S/C46H29N/c1-2-12-30(13-3-1)32-24-27-40-39-19-10-11-21-43(39)47(44(40)29-32)34-25-22-31(23-26-34)45-35-15-5-4-14-33(35)28-42-38-18-7-6-16-36(38)37-17-8-9-20-41(37)46(42)45/h1-29H. The highest BCUT2D eigenvalue weighted by Crippen LogP contribution is 2.44. The zero-order valence-electron chi connectivity index (χ0n) is 25.7. The van der Waals surface area contributed by atoms with Crippen molar-refractivity contribution in [2.75, 3.05) is 0 Å². The van der Waals surface area contributed by atoms with Gasteiger partial charge in [-0.05, 0) is 95.7 Å². The topological polar surface area (TPSA) is 4.93 Å². The van der Waals surface area contributed by atoms with Crippen LogP contribution in [0.2, 0.25) is 0 Å². The predicted octanol–water partition coefficient (Wildman–Crippen LogP) is 12.7. The lowest BCUT2D eigenvalue weighted by atomic mass is 9.86. The fourth-order valence-electron chi connectivity index (χ4n) is 7.86. The van der Waals surface area contributed by atoms with Crippen LogP contribution in [-0.4, -0.2) is 4.57 Å². The van der Waals surface area contributed by atoms with E-state index in [2.05, 4.69) is 180 Å². The van der Waals surface area contributed by atoms with E-state index in [9.17, 15) is 0 Å². The number of hydrogen-bond acceptors (Lipinski definition) is 0. The SMILES string of the molecule is c1ccc(-c2ccc3c4ccccc4n(-c4ccc(-c5c6ccccc6cc6c7ccccc7c7ccccc7c56)cc4)c3c2)cc1. The molecule has 10 rings (SSSR count). The Morgan fingerprint density at radius 2 is 0.851 bits per heavy atom. The molecule has 0 radical (unpaired) electrons. The minimum Gasteiger partial charge on any atom is -0.309 e. The van der Waals surface area contributed by atoms with E-state index in [0.29, 0.717) is 0 Å². The number of hydrogen-bond donors (Lipinski definition) is 0. The maximum Gasteiger partial charge on any atom is 0.0547 e. The van der Waals surface area contributed by atoms with E-state index >= 15 is 0 Å². The summed E-state index contributed by atoms with van der Waals surface area (Å²) in [6.07, 6.45) is 0. The lowest BCUT2D eigenvalue weighted by Crippen LogP contribution is -1.95. The summed E-state index contributed by atoms with van der Waals surface area (Å²) < 4.78 is 2.42. The number of nitrogens with zero attached hydrogens (tertiary/aromatic N) is 1. The van der Waals surface area contributed by atoms with Crippen LogP contribution >= 0.6 is 0 Å². The molecule has 47 heavy (non-hydrogen) atoms. The zero-order valence-corrected chi connectivity index (χ0v) is 25.7. The molecule has 0 bridgehead atoms. The average Bonchev–Trinajstić information content (AvgIpc) is 3.48. The summed E-state index contributed by atoms with van der Waals surface area (Å²) in [5.74, 6) is 0. The Balaban J connectivity index is 1.25. The van der Waals surface area contributed by atoms with E-state index in [1.54, 1.807) is 0 Å². The second-order valence-electron chi connectivity index (χ2n) is 12.5. The molecule has 0 fully saturated rings. The summed E-state index contributed by atoms with van der Waals surface area (Å²) in [5.41, 5.74) is 8.55. The van der Waals surface area contributed by atoms with E-state index in [-0.39, 0.29) is 0 Å². The molecule has 0 aliphatic heterocycles. The maximum atomic E-state index is 2.42. The molecular weight excluding hydrogens is 567 g/mol. The highest BCUT2D eigenvalue weighted by molar-refractivity contribution is 6.32. The fraction of sp³-hybridized carbons (Fsp3) is 0. The van der Waals surface area contributed by atoms with Crippen molar-refractivity contribution in [1.29, 1.82) is 0 Å². The van der Waals surface area contributed by atoms with Crippen LogP contribution in [-0.2, 0) is 0 Å². The van der Waals surface area contributed by atoms with Crippen molar-refractivity contribution in [3.63, 3.8) is 0 Å². The van der Waals surface area contributed by atoms with Crippen LogP contribution in [0.4, 0.5) is 0 Å². The van der Waals surface area contributed by atoms with Crippen LogP contribution in [0.15, 0.2) is 176 Å². The number of para-hydroxylation sites is 1. The Kier molecular flexibility index (Phi) is 5.64. The summed E-state index contributed by atoms with van der Waals surface area (Å²) in [6.45, 7) is 0. The van der Waals surface area contributed by atoms with Gasteiger partial charge in [0.15, 0.2) is 0 Å². The van der Waals surface area contributed by atoms with E-state index in [1.807, 2.05) is 0 Å². The van der Waals surface area contributed by atoms with Crippen molar-refractivity contribution in [2.24, 2.45) is 0 Å². The van der Waals surface area contributed by atoms with Crippen LogP contribution in [0.25, 0.3) is 92.8 Å². The molecule has 1 nitrogen and oxygen atoms in total. The van der Waals surface area contributed by atoms with Gasteiger partial charge in [0.25, 0.3) is 0 Å². The quantitative estimate of drug-likeness (QED) is 0.141. The summed E-state index contributed by atoms with van der Waals surface area (Å²) in [5, 5.41) is 12.9. The van der Waals surface area contributed by atoms with Crippen LogP contribution < -0.4 is 0 Å². The normalized spacial score (nSPS) is 11.8. The molecule has 9 aromatic carbocycles. The third kappa shape index (κ3) is 3.90. The van der Waals surface area contributed by atoms with Gasteiger partial charge >= 0.3 is 0 Å². The van der Waals surface area contributed by atoms with Crippen LogP contribution in [0.1, 0.15) is 0 Å². The molecule has 1 aromatic heterocycles. The van der Waals surface area contributed by atoms with Crippen molar-refractivity contribution in [3.05, 3.63) is 176 Å². The van der Waals surface area contributed by atoms with E-state index < -0.39 is 0 Å². The Hall–Kier alpha value is -6.18. The Bertz CT molecular complexity index is 2820. The third-order valence-corrected chi connectivity index (χ3v) is 9.95. The summed E-state index contributed by atoms with van der Waals surface area (Å²) in [4.78, 5) is 0. The van der Waals surface area contributed by atoms with Gasteiger partial charge in [-0.25, -0.2) is 0 Å². The smallest absolute Gasteiger partial charge is 0.0547 e. The first-order valence-corrected chi connectivity index (χ1v) is 16.3. The van der Waals surface area contributed by atoms with Gasteiger partial charge in [-0.1, -0.05) is 146 Å². The number of aromatic nitrogens is 1. The Morgan fingerprint density at radius 3 is 1.62 bits per heavy atom. The molecule has 0 N–H and O–H groups in total. The van der Waals surface area contributed by atoms with Gasteiger partial charge in [-0.15, -0.1) is 0 Å². The summed E-state index contributed by atoms with van der Waals surface area (Å²) in [6, 6.07) is 64.5. The van der Waals surface area contributed by atoms with Crippen molar-refractivity contribution in [1.82, 2.24) is 4.57 Å². The second kappa shape index (κ2) is 10.2. The van der Waals surface area contributed by atoms with Crippen LogP contribution in [0.3, 0.4) is 0 Å². The number of benzene rings is 9. The monoisotopic (exact) mass is 595 g/mol. The van der Waals surface area contributed by atoms with Gasteiger partial charge in [0.2, 0.25) is 0 Å². The highest BCUT2D eigenvalue weighted by Gasteiger charge is 2.18. The lowest BCUT2D eigenvalue weighted by Gasteiger charge is -2.18. The minimum atomic E-state index is 1.16. The largest absolute Gasteiger partial charge is 0.309 e. The minimum absolute atomic E-state index is 1.16. The second-order valence-corrected chi connectivity index (χ2v) is 12.5. The molecule has 0 atom stereocenters.